The van der Waals surface area contributed by atoms with Gasteiger partial charge >= 0.3 is 0 Å². The molecule has 1 saturated heterocycles. The van der Waals surface area contributed by atoms with E-state index in [-0.39, 0.29) is 23.9 Å². The third kappa shape index (κ3) is 6.47. The number of morpholine rings is 1. The van der Waals surface area contributed by atoms with Crippen LogP contribution in [-0.2, 0) is 16.0 Å². The maximum Gasteiger partial charge on any atom is 0.282 e. The third-order valence-corrected chi connectivity index (χ3v) is 7.53. The molecule has 230 valence electrons. The second kappa shape index (κ2) is 13.4. The van der Waals surface area contributed by atoms with E-state index in [1.165, 1.54) is 4.68 Å². The zero-order valence-electron chi connectivity index (χ0n) is 24.7. The van der Waals surface area contributed by atoms with E-state index < -0.39 is 0 Å². The minimum Gasteiger partial charge on any atom is -0.490 e. The van der Waals surface area contributed by atoms with Crippen LogP contribution in [0.25, 0.3) is 33.5 Å². The van der Waals surface area contributed by atoms with Crippen molar-refractivity contribution in [2.75, 3.05) is 39.5 Å². The highest BCUT2D eigenvalue weighted by Crippen LogP contribution is 2.34. The molecule has 1 fully saturated rings. The summed E-state index contributed by atoms with van der Waals surface area (Å²) in [6, 6.07) is 17.8. The number of para-hydroxylation sites is 1. The second-order valence-electron chi connectivity index (χ2n) is 10.3. The van der Waals surface area contributed by atoms with Gasteiger partial charge in [-0.05, 0) is 67.4 Å². The molecule has 0 aliphatic carbocycles. The first-order chi connectivity index (χ1) is 21.9. The number of hydrogen-bond donors (Lipinski definition) is 0. The highest BCUT2D eigenvalue weighted by Gasteiger charge is 2.21. The van der Waals surface area contributed by atoms with E-state index in [1.807, 2.05) is 19.1 Å². The van der Waals surface area contributed by atoms with Crippen LogP contribution in [0.1, 0.15) is 18.1 Å². The summed E-state index contributed by atoms with van der Waals surface area (Å²) in [7, 11) is 0. The van der Waals surface area contributed by atoms with Crippen LogP contribution in [0.5, 0.6) is 11.5 Å². The Balaban J connectivity index is 1.39. The van der Waals surface area contributed by atoms with E-state index >= 15 is 0 Å². The predicted octanol–water partition coefficient (Wildman–Crippen LogP) is 5.71. The van der Waals surface area contributed by atoms with E-state index in [4.69, 9.17) is 35.2 Å². The number of carbonyl (C=O) groups excluding carboxylic acids is 1. The van der Waals surface area contributed by atoms with Gasteiger partial charge in [-0.2, -0.15) is 9.78 Å². The first kappa shape index (κ1) is 30.1. The van der Waals surface area contributed by atoms with E-state index in [9.17, 15) is 9.59 Å². The number of benzene rings is 3. The van der Waals surface area contributed by atoms with Crippen LogP contribution in [0, 0.1) is 0 Å². The number of fused-ring (bicyclic) bond motifs is 2. The maximum atomic E-state index is 13.7. The molecule has 10 nitrogen and oxygen atoms in total. The number of ether oxygens (including phenoxy) is 3. The number of halogens is 1. The van der Waals surface area contributed by atoms with Crippen molar-refractivity contribution in [3.8, 4) is 23.1 Å². The van der Waals surface area contributed by atoms with Crippen molar-refractivity contribution in [1.82, 2.24) is 14.6 Å². The van der Waals surface area contributed by atoms with Gasteiger partial charge in [0.15, 0.2) is 23.9 Å². The van der Waals surface area contributed by atoms with Gasteiger partial charge in [-0.3, -0.25) is 9.59 Å². The SMILES string of the molecule is C=CCc1cc(C=Nn2c(-c3cc4cc(Cl)ccc4o3)nc3ccccc3c2=O)cc(OCC)c1OCC(=O)N1CCOCC1. The summed E-state index contributed by atoms with van der Waals surface area (Å²) >= 11 is 6.19. The molecular weight excluding hydrogens is 596 g/mol. The normalized spacial score (nSPS) is 13.5. The molecule has 1 aliphatic heterocycles. The first-order valence-corrected chi connectivity index (χ1v) is 15.0. The van der Waals surface area contributed by atoms with Gasteiger partial charge in [-0.25, -0.2) is 4.98 Å². The Morgan fingerprint density at radius 2 is 1.93 bits per heavy atom. The molecule has 0 radical (unpaired) electrons. The fraction of sp³-hybridized carbons (Fsp3) is 0.235. The Labute approximate surface area is 264 Å². The molecule has 0 N–H and O–H groups in total. The molecule has 1 aliphatic rings. The average molecular weight is 627 g/mol. The summed E-state index contributed by atoms with van der Waals surface area (Å²) in [5.41, 5.74) is 2.16. The summed E-state index contributed by atoms with van der Waals surface area (Å²) in [6.45, 7) is 8.06. The molecule has 0 unspecified atom stereocenters. The van der Waals surface area contributed by atoms with Gasteiger partial charge in [0.1, 0.15) is 5.58 Å². The van der Waals surface area contributed by atoms with Gasteiger partial charge < -0.3 is 23.5 Å². The smallest absolute Gasteiger partial charge is 0.282 e. The molecule has 0 atom stereocenters. The summed E-state index contributed by atoms with van der Waals surface area (Å²) < 4.78 is 24.6. The van der Waals surface area contributed by atoms with Crippen molar-refractivity contribution in [3.05, 3.63) is 99.8 Å². The van der Waals surface area contributed by atoms with Crippen LogP contribution < -0.4 is 15.0 Å². The average Bonchev–Trinajstić information content (AvgIpc) is 3.47. The highest BCUT2D eigenvalue weighted by molar-refractivity contribution is 6.31. The van der Waals surface area contributed by atoms with Crippen molar-refractivity contribution < 1.29 is 23.4 Å². The van der Waals surface area contributed by atoms with Crippen molar-refractivity contribution in [2.24, 2.45) is 5.10 Å². The van der Waals surface area contributed by atoms with Crippen molar-refractivity contribution >= 4 is 45.6 Å². The van der Waals surface area contributed by atoms with Crippen LogP contribution in [-0.4, -0.2) is 66.2 Å². The molecule has 11 heteroatoms. The largest absolute Gasteiger partial charge is 0.490 e. The molecule has 0 spiro atoms. The molecule has 1 amide bonds. The molecule has 6 rings (SSSR count). The fourth-order valence-corrected chi connectivity index (χ4v) is 5.35. The van der Waals surface area contributed by atoms with Gasteiger partial charge in [-0.1, -0.05) is 29.8 Å². The van der Waals surface area contributed by atoms with Crippen LogP contribution in [0.2, 0.25) is 5.02 Å². The number of allylic oxidation sites excluding steroid dienone is 1. The van der Waals surface area contributed by atoms with Gasteiger partial charge in [0, 0.05) is 29.1 Å². The van der Waals surface area contributed by atoms with E-state index in [1.54, 1.807) is 65.7 Å². The van der Waals surface area contributed by atoms with Crippen LogP contribution >= 0.6 is 11.6 Å². The minimum atomic E-state index is -0.358. The number of aromatic nitrogens is 2. The summed E-state index contributed by atoms with van der Waals surface area (Å²) in [6.07, 6.45) is 3.75. The van der Waals surface area contributed by atoms with Crippen LogP contribution in [0.3, 0.4) is 0 Å². The maximum absolute atomic E-state index is 13.7. The predicted molar refractivity (Wildman–Crippen MR) is 174 cm³/mol. The topological polar surface area (TPSA) is 108 Å². The summed E-state index contributed by atoms with van der Waals surface area (Å²) in [5.74, 6) is 1.39. The Bertz CT molecular complexity index is 1980. The fourth-order valence-electron chi connectivity index (χ4n) is 5.17. The number of nitrogens with zero attached hydrogens (tertiary/aromatic N) is 4. The lowest BCUT2D eigenvalue weighted by molar-refractivity contribution is -0.137. The van der Waals surface area contributed by atoms with Crippen molar-refractivity contribution in [3.63, 3.8) is 0 Å². The lowest BCUT2D eigenvalue weighted by Gasteiger charge is -2.27. The van der Waals surface area contributed by atoms with Crippen molar-refractivity contribution in [2.45, 2.75) is 13.3 Å². The van der Waals surface area contributed by atoms with Gasteiger partial charge in [0.05, 0.1) is 36.9 Å². The Hall–Kier alpha value is -4.93. The monoisotopic (exact) mass is 626 g/mol. The summed E-state index contributed by atoms with van der Waals surface area (Å²) in [4.78, 5) is 33.0. The van der Waals surface area contributed by atoms with Gasteiger partial charge in [0.25, 0.3) is 11.5 Å². The molecular formula is C34H31ClN4O6. The van der Waals surface area contributed by atoms with Gasteiger partial charge in [-0.15, -0.1) is 6.58 Å². The van der Waals surface area contributed by atoms with Crippen LogP contribution in [0.15, 0.2) is 87.6 Å². The van der Waals surface area contributed by atoms with E-state index in [0.29, 0.717) is 83.7 Å². The first-order valence-electron chi connectivity index (χ1n) is 14.6. The highest BCUT2D eigenvalue weighted by atomic mass is 35.5. The number of amides is 1. The number of rotatable bonds is 10. The zero-order chi connectivity index (χ0) is 31.3. The molecule has 3 aromatic carbocycles. The molecule has 0 saturated carbocycles. The quantitative estimate of drug-likeness (QED) is 0.144. The second-order valence-corrected chi connectivity index (χ2v) is 10.8. The lowest BCUT2D eigenvalue weighted by atomic mass is 10.1. The Morgan fingerprint density at radius 1 is 1.11 bits per heavy atom. The number of carbonyl (C=O) groups is 1. The van der Waals surface area contributed by atoms with E-state index in [0.717, 1.165) is 10.9 Å². The lowest BCUT2D eigenvalue weighted by Crippen LogP contribution is -2.43. The zero-order valence-corrected chi connectivity index (χ0v) is 25.5. The Kier molecular flexibility index (Phi) is 8.95. The molecule has 2 aromatic heterocycles. The van der Waals surface area contributed by atoms with Crippen molar-refractivity contribution in [1.29, 1.82) is 0 Å². The number of hydrogen-bond acceptors (Lipinski definition) is 8. The molecule has 45 heavy (non-hydrogen) atoms. The standard InChI is InChI=1S/C34H31ClN4O6/c1-3-7-23-16-22(17-29(43-4-2)32(23)44-21-31(40)38-12-14-42-15-13-38)20-36-39-33(37-27-9-6-5-8-26(27)34(39)41)30-19-24-18-25(35)10-11-28(24)45-30/h3,5-6,8-11,16-20H,1,4,7,12-15,21H2,2H3. The van der Waals surface area contributed by atoms with Crippen LogP contribution in [0.4, 0.5) is 0 Å². The third-order valence-electron chi connectivity index (χ3n) is 7.30. The van der Waals surface area contributed by atoms with E-state index in [2.05, 4.69) is 11.7 Å². The molecule has 3 heterocycles. The molecule has 5 aromatic rings. The van der Waals surface area contributed by atoms with Gasteiger partial charge in [0.2, 0.25) is 5.82 Å². The number of furan rings is 1. The Morgan fingerprint density at radius 3 is 2.73 bits per heavy atom. The minimum absolute atomic E-state index is 0.125. The summed E-state index contributed by atoms with van der Waals surface area (Å²) in [5, 5.41) is 6.34. The molecule has 0 bridgehead atoms.